The molecular formula is C11H17N3. The molecule has 1 aromatic rings. The van der Waals surface area contributed by atoms with Crippen LogP contribution in [0, 0.1) is 12.3 Å². The summed E-state index contributed by atoms with van der Waals surface area (Å²) in [6.07, 6.45) is 0. The van der Waals surface area contributed by atoms with Gasteiger partial charge in [0.15, 0.2) is 0 Å². The second kappa shape index (κ2) is 3.40. The van der Waals surface area contributed by atoms with Crippen molar-refractivity contribution in [2.75, 3.05) is 0 Å². The van der Waals surface area contributed by atoms with Crippen LogP contribution in [0.4, 0.5) is 0 Å². The van der Waals surface area contributed by atoms with Crippen LogP contribution in [-0.4, -0.2) is 10.8 Å². The molecule has 0 saturated carbocycles. The van der Waals surface area contributed by atoms with Crippen molar-refractivity contribution >= 4 is 5.84 Å². The van der Waals surface area contributed by atoms with Crippen LogP contribution >= 0.6 is 0 Å². The van der Waals surface area contributed by atoms with Crippen molar-refractivity contribution in [3.05, 3.63) is 29.1 Å². The molecule has 0 aliphatic carbocycles. The summed E-state index contributed by atoms with van der Waals surface area (Å²) in [5.74, 6) is 0.0791. The van der Waals surface area contributed by atoms with Crippen molar-refractivity contribution in [1.29, 1.82) is 5.41 Å². The normalized spacial score (nSPS) is 11.4. The summed E-state index contributed by atoms with van der Waals surface area (Å²) in [5, 5.41) is 7.34. The monoisotopic (exact) mass is 191 g/mol. The third-order valence-corrected chi connectivity index (χ3v) is 2.14. The van der Waals surface area contributed by atoms with E-state index in [9.17, 15) is 0 Å². The van der Waals surface area contributed by atoms with E-state index in [1.807, 2.05) is 19.1 Å². The summed E-state index contributed by atoms with van der Waals surface area (Å²) in [6, 6.07) is 3.80. The zero-order valence-corrected chi connectivity index (χ0v) is 9.18. The topological polar surface area (TPSA) is 62.8 Å². The highest BCUT2D eigenvalue weighted by Crippen LogP contribution is 2.20. The molecule has 3 heteroatoms. The summed E-state index contributed by atoms with van der Waals surface area (Å²) in [5.41, 5.74) is 8.03. The Hall–Kier alpha value is -1.38. The average molecular weight is 191 g/mol. The maximum atomic E-state index is 7.34. The van der Waals surface area contributed by atoms with Gasteiger partial charge < -0.3 is 5.73 Å². The van der Waals surface area contributed by atoms with Crippen LogP contribution in [0.3, 0.4) is 0 Å². The van der Waals surface area contributed by atoms with Crippen molar-refractivity contribution in [2.45, 2.75) is 33.1 Å². The predicted octanol–water partition coefficient (Wildman–Crippen LogP) is 1.97. The molecule has 0 saturated heterocycles. The molecule has 3 nitrogen and oxygen atoms in total. The Morgan fingerprint density at radius 3 is 2.29 bits per heavy atom. The standard InChI is InChI=1S/C11H17N3/c1-7-8(10(12)13)5-6-9(14-7)11(2,3)4/h5-6H,1-4H3,(H3,12,13). The fourth-order valence-corrected chi connectivity index (χ4v) is 1.26. The summed E-state index contributed by atoms with van der Waals surface area (Å²) < 4.78 is 0. The van der Waals surface area contributed by atoms with Gasteiger partial charge in [-0.1, -0.05) is 20.8 Å². The Bertz CT molecular complexity index is 361. The lowest BCUT2D eigenvalue weighted by atomic mass is 9.91. The van der Waals surface area contributed by atoms with Crippen molar-refractivity contribution in [3.8, 4) is 0 Å². The molecule has 0 bridgehead atoms. The molecule has 0 amide bonds. The molecule has 1 heterocycles. The molecule has 1 rings (SSSR count). The first-order valence-electron chi connectivity index (χ1n) is 4.65. The molecule has 0 radical (unpaired) electrons. The number of aromatic nitrogens is 1. The molecule has 0 fully saturated rings. The van der Waals surface area contributed by atoms with Crippen LogP contribution in [0.2, 0.25) is 0 Å². The average Bonchev–Trinajstić information content (AvgIpc) is 2.01. The van der Waals surface area contributed by atoms with E-state index in [1.165, 1.54) is 0 Å². The van der Waals surface area contributed by atoms with Gasteiger partial charge in [0.05, 0.1) is 0 Å². The quantitative estimate of drug-likeness (QED) is 0.526. The Morgan fingerprint density at radius 2 is 1.93 bits per heavy atom. The molecule has 0 aliphatic heterocycles. The third-order valence-electron chi connectivity index (χ3n) is 2.14. The first-order chi connectivity index (χ1) is 6.32. The SMILES string of the molecule is Cc1nc(C(C)(C)C)ccc1C(=N)N. The minimum absolute atomic E-state index is 0.0417. The molecule has 0 aromatic carbocycles. The molecular weight excluding hydrogens is 174 g/mol. The van der Waals surface area contributed by atoms with E-state index < -0.39 is 0 Å². The van der Waals surface area contributed by atoms with Gasteiger partial charge in [0.2, 0.25) is 0 Å². The van der Waals surface area contributed by atoms with Crippen LogP contribution in [0.1, 0.15) is 37.7 Å². The van der Waals surface area contributed by atoms with Crippen molar-refractivity contribution in [3.63, 3.8) is 0 Å². The van der Waals surface area contributed by atoms with Crippen molar-refractivity contribution in [2.24, 2.45) is 5.73 Å². The summed E-state index contributed by atoms with van der Waals surface area (Å²) in [4.78, 5) is 4.44. The first kappa shape index (κ1) is 10.7. The summed E-state index contributed by atoms with van der Waals surface area (Å²) in [7, 11) is 0. The number of rotatable bonds is 1. The zero-order chi connectivity index (χ0) is 10.9. The minimum atomic E-state index is 0.0417. The second-order valence-corrected chi connectivity index (χ2v) is 4.49. The lowest BCUT2D eigenvalue weighted by molar-refractivity contribution is 0.567. The van der Waals surface area contributed by atoms with Crippen LogP contribution in [0.25, 0.3) is 0 Å². The highest BCUT2D eigenvalue weighted by atomic mass is 14.8. The Morgan fingerprint density at radius 1 is 1.36 bits per heavy atom. The molecule has 1 aromatic heterocycles. The second-order valence-electron chi connectivity index (χ2n) is 4.49. The zero-order valence-electron chi connectivity index (χ0n) is 9.18. The third kappa shape index (κ3) is 2.10. The van der Waals surface area contributed by atoms with Gasteiger partial charge in [-0.15, -0.1) is 0 Å². The Kier molecular flexibility index (Phi) is 2.60. The van der Waals surface area contributed by atoms with Gasteiger partial charge in [-0.25, -0.2) is 0 Å². The maximum absolute atomic E-state index is 7.34. The number of pyridine rings is 1. The smallest absolute Gasteiger partial charge is 0.124 e. The molecule has 3 N–H and O–H groups in total. The number of nitrogen functional groups attached to an aromatic ring is 1. The highest BCUT2D eigenvalue weighted by molar-refractivity contribution is 5.95. The molecule has 76 valence electrons. The number of nitrogens with zero attached hydrogens (tertiary/aromatic N) is 1. The molecule has 0 atom stereocenters. The van der Waals surface area contributed by atoms with E-state index >= 15 is 0 Å². The lowest BCUT2D eigenvalue weighted by Gasteiger charge is -2.18. The summed E-state index contributed by atoms with van der Waals surface area (Å²) in [6.45, 7) is 8.22. The maximum Gasteiger partial charge on any atom is 0.124 e. The van der Waals surface area contributed by atoms with Crippen LogP contribution < -0.4 is 5.73 Å². The minimum Gasteiger partial charge on any atom is -0.384 e. The fraction of sp³-hybridized carbons (Fsp3) is 0.455. The highest BCUT2D eigenvalue weighted by Gasteiger charge is 2.16. The number of hydrogen-bond acceptors (Lipinski definition) is 2. The lowest BCUT2D eigenvalue weighted by Crippen LogP contribution is -2.18. The van der Waals surface area contributed by atoms with E-state index in [0.29, 0.717) is 0 Å². The van der Waals surface area contributed by atoms with Gasteiger partial charge in [0, 0.05) is 22.4 Å². The van der Waals surface area contributed by atoms with Crippen LogP contribution in [0.5, 0.6) is 0 Å². The van der Waals surface area contributed by atoms with Gasteiger partial charge in [-0.05, 0) is 19.1 Å². The Balaban J connectivity index is 3.20. The number of nitrogens with one attached hydrogen (secondary N) is 1. The van der Waals surface area contributed by atoms with Crippen molar-refractivity contribution in [1.82, 2.24) is 4.98 Å². The molecule has 0 spiro atoms. The van der Waals surface area contributed by atoms with Crippen molar-refractivity contribution < 1.29 is 0 Å². The number of hydrogen-bond donors (Lipinski definition) is 2. The van der Waals surface area contributed by atoms with E-state index in [4.69, 9.17) is 11.1 Å². The van der Waals surface area contributed by atoms with E-state index in [-0.39, 0.29) is 11.3 Å². The van der Waals surface area contributed by atoms with E-state index in [1.54, 1.807) is 0 Å². The first-order valence-corrected chi connectivity index (χ1v) is 4.65. The number of aryl methyl sites for hydroxylation is 1. The fourth-order valence-electron chi connectivity index (χ4n) is 1.26. The van der Waals surface area contributed by atoms with Crippen LogP contribution in [0.15, 0.2) is 12.1 Å². The number of amidine groups is 1. The van der Waals surface area contributed by atoms with E-state index in [0.717, 1.165) is 17.0 Å². The number of nitrogens with two attached hydrogens (primary N) is 1. The van der Waals surface area contributed by atoms with Gasteiger partial charge in [0.1, 0.15) is 5.84 Å². The molecule has 0 aliphatic rings. The van der Waals surface area contributed by atoms with E-state index in [2.05, 4.69) is 25.8 Å². The molecule has 0 unspecified atom stereocenters. The van der Waals surface area contributed by atoms with Gasteiger partial charge >= 0.3 is 0 Å². The van der Waals surface area contributed by atoms with Gasteiger partial charge in [-0.2, -0.15) is 0 Å². The molecule has 14 heavy (non-hydrogen) atoms. The largest absolute Gasteiger partial charge is 0.384 e. The summed E-state index contributed by atoms with van der Waals surface area (Å²) >= 11 is 0. The Labute approximate surface area is 84.9 Å². The van der Waals surface area contributed by atoms with Gasteiger partial charge in [0.25, 0.3) is 0 Å². The van der Waals surface area contributed by atoms with Crippen LogP contribution in [-0.2, 0) is 5.41 Å². The predicted molar refractivity (Wildman–Crippen MR) is 58.7 cm³/mol. The van der Waals surface area contributed by atoms with Gasteiger partial charge in [-0.3, -0.25) is 10.4 Å².